The summed E-state index contributed by atoms with van der Waals surface area (Å²) in [6.45, 7) is 0. The monoisotopic (exact) mass is 412 g/mol. The molecule has 0 aliphatic heterocycles. The molecule has 5 rings (SSSR count). The molecule has 29 heavy (non-hydrogen) atoms. The van der Waals surface area contributed by atoms with Crippen LogP contribution in [0.5, 0.6) is 0 Å². The lowest BCUT2D eigenvalue weighted by molar-refractivity contribution is -0.117. The fraction of sp³-hybridized carbons (Fsp3) is 0.158. The third kappa shape index (κ3) is 2.72. The van der Waals surface area contributed by atoms with E-state index in [1.165, 1.54) is 10.7 Å². The van der Waals surface area contributed by atoms with Crippen molar-refractivity contribution < 1.29 is 13.6 Å². The second-order valence-corrected chi connectivity index (χ2v) is 7.19. The zero-order chi connectivity index (χ0) is 20.3. The Bertz CT molecular complexity index is 1350. The van der Waals surface area contributed by atoms with E-state index >= 15 is 0 Å². The first kappa shape index (κ1) is 17.6. The average molecular weight is 413 g/mol. The average Bonchev–Trinajstić information content (AvgIpc) is 3.08. The number of fused-ring (bicyclic) bond motifs is 2. The Hall–Kier alpha value is -3.51. The molecule has 2 atom stereocenters. The number of aromatic amines is 1. The highest BCUT2D eigenvalue weighted by atomic mass is 35.5. The summed E-state index contributed by atoms with van der Waals surface area (Å²) in [7, 11) is 0. The smallest absolute Gasteiger partial charge is 0.231 e. The first-order chi connectivity index (χ1) is 14.0. The summed E-state index contributed by atoms with van der Waals surface area (Å²) in [5.41, 5.74) is 1.65. The molecule has 1 aromatic carbocycles. The highest BCUT2D eigenvalue weighted by Gasteiger charge is 2.43. The number of amides is 1. The van der Waals surface area contributed by atoms with Gasteiger partial charge in [-0.05, 0) is 24.1 Å². The molecular formula is C19H11ClF2N6O. The van der Waals surface area contributed by atoms with E-state index in [1.807, 2.05) is 0 Å². The second-order valence-electron chi connectivity index (χ2n) is 6.81. The van der Waals surface area contributed by atoms with E-state index in [2.05, 4.69) is 20.6 Å². The van der Waals surface area contributed by atoms with Crippen molar-refractivity contribution in [2.45, 2.75) is 12.6 Å². The molecule has 1 aliphatic rings. The molecule has 2 unspecified atom stereocenters. The molecule has 3 heterocycles. The number of hydrogen-bond acceptors (Lipinski definition) is 4. The molecule has 0 bridgehead atoms. The zero-order valence-corrected chi connectivity index (χ0v) is 15.3. The van der Waals surface area contributed by atoms with Gasteiger partial charge in [0.25, 0.3) is 0 Å². The van der Waals surface area contributed by atoms with E-state index < -0.39 is 23.8 Å². The lowest BCUT2D eigenvalue weighted by atomic mass is 9.99. The molecule has 0 spiro atoms. The lowest BCUT2D eigenvalue weighted by Crippen LogP contribution is -2.15. The van der Waals surface area contributed by atoms with E-state index in [0.717, 1.165) is 0 Å². The van der Waals surface area contributed by atoms with Gasteiger partial charge in [0, 0.05) is 23.2 Å². The number of aromatic nitrogens is 4. The van der Waals surface area contributed by atoms with Gasteiger partial charge < -0.3 is 5.32 Å². The predicted molar refractivity (Wildman–Crippen MR) is 102 cm³/mol. The molecule has 4 aromatic rings. The third-order valence-corrected chi connectivity index (χ3v) is 5.31. The van der Waals surface area contributed by atoms with Gasteiger partial charge in [-0.1, -0.05) is 11.6 Å². The van der Waals surface area contributed by atoms with Gasteiger partial charge in [0.2, 0.25) is 5.91 Å². The van der Waals surface area contributed by atoms with Gasteiger partial charge >= 0.3 is 0 Å². The van der Waals surface area contributed by atoms with E-state index in [-0.39, 0.29) is 28.3 Å². The van der Waals surface area contributed by atoms with Crippen molar-refractivity contribution in [3.63, 3.8) is 0 Å². The minimum absolute atomic E-state index is 0.185. The first-order valence-electron chi connectivity index (χ1n) is 8.67. The van der Waals surface area contributed by atoms with Crippen LogP contribution in [0.3, 0.4) is 0 Å². The summed E-state index contributed by atoms with van der Waals surface area (Å²) in [6.07, 6.45) is 2.25. The Morgan fingerprint density at radius 2 is 2.24 bits per heavy atom. The van der Waals surface area contributed by atoms with Gasteiger partial charge in [0.15, 0.2) is 11.6 Å². The molecule has 1 fully saturated rings. The van der Waals surface area contributed by atoms with E-state index in [9.17, 15) is 18.8 Å². The number of nitrogens with one attached hydrogen (secondary N) is 2. The first-order valence-corrected chi connectivity index (χ1v) is 9.04. The highest BCUT2D eigenvalue weighted by molar-refractivity contribution is 6.35. The number of benzene rings is 1. The predicted octanol–water partition coefficient (Wildman–Crippen LogP) is 3.84. The van der Waals surface area contributed by atoms with Crippen LogP contribution in [0.1, 0.15) is 12.0 Å². The van der Waals surface area contributed by atoms with Crippen LogP contribution in [0.4, 0.5) is 14.6 Å². The van der Waals surface area contributed by atoms with Crippen molar-refractivity contribution in [3.8, 4) is 17.2 Å². The number of carbonyl (C=O) groups excluding carboxylic acids is 1. The van der Waals surface area contributed by atoms with Crippen LogP contribution in [-0.2, 0) is 4.79 Å². The fourth-order valence-electron chi connectivity index (χ4n) is 3.37. The zero-order valence-electron chi connectivity index (χ0n) is 14.6. The molecule has 1 amide bonds. The van der Waals surface area contributed by atoms with E-state index in [1.54, 1.807) is 30.5 Å². The maximum absolute atomic E-state index is 14.6. The van der Waals surface area contributed by atoms with Gasteiger partial charge in [0.05, 0.1) is 28.2 Å². The van der Waals surface area contributed by atoms with Crippen LogP contribution in [0.25, 0.3) is 27.5 Å². The molecule has 2 N–H and O–H groups in total. The maximum atomic E-state index is 14.6. The third-order valence-electron chi connectivity index (χ3n) is 4.95. The molecule has 1 saturated carbocycles. The van der Waals surface area contributed by atoms with Crippen LogP contribution >= 0.6 is 11.6 Å². The van der Waals surface area contributed by atoms with Crippen molar-refractivity contribution in [3.05, 3.63) is 47.0 Å². The summed E-state index contributed by atoms with van der Waals surface area (Å²) < 4.78 is 29.2. The summed E-state index contributed by atoms with van der Waals surface area (Å²) in [5.74, 6) is -1.56. The van der Waals surface area contributed by atoms with Crippen LogP contribution in [0, 0.1) is 23.1 Å². The number of nitrogens with zero attached hydrogens (tertiary/aromatic N) is 4. The fourth-order valence-corrected chi connectivity index (χ4v) is 3.67. The van der Waals surface area contributed by atoms with Gasteiger partial charge in [-0.15, -0.1) is 0 Å². The molecular weight excluding hydrogens is 402 g/mol. The SMILES string of the molecule is N#Cc1c(F)c(Cl)c(-c2ccn3nc(NC(=O)C4CC4F)cc3c2)c2cn[nH]c12. The number of halogens is 3. The Kier molecular flexibility index (Phi) is 3.79. The molecule has 144 valence electrons. The molecule has 7 nitrogen and oxygen atoms in total. The van der Waals surface area contributed by atoms with Crippen LogP contribution in [0.15, 0.2) is 30.6 Å². The highest BCUT2D eigenvalue weighted by Crippen LogP contribution is 2.39. The van der Waals surface area contributed by atoms with E-state index in [0.29, 0.717) is 22.0 Å². The van der Waals surface area contributed by atoms with Crippen molar-refractivity contribution in [2.24, 2.45) is 5.92 Å². The molecule has 0 saturated heterocycles. The number of pyridine rings is 1. The van der Waals surface area contributed by atoms with Crippen molar-refractivity contribution >= 4 is 39.7 Å². The van der Waals surface area contributed by atoms with Gasteiger partial charge in [-0.25, -0.2) is 13.3 Å². The lowest BCUT2D eigenvalue weighted by Gasteiger charge is -2.09. The second kappa shape index (κ2) is 6.25. The largest absolute Gasteiger partial charge is 0.309 e. The van der Waals surface area contributed by atoms with Crippen molar-refractivity contribution in [1.29, 1.82) is 5.26 Å². The quantitative estimate of drug-likeness (QED) is 0.534. The number of H-pyrrole nitrogens is 1. The van der Waals surface area contributed by atoms with Crippen molar-refractivity contribution in [1.82, 2.24) is 19.8 Å². The molecule has 10 heteroatoms. The Morgan fingerprint density at radius 1 is 1.45 bits per heavy atom. The number of alkyl halides is 1. The van der Waals surface area contributed by atoms with Gasteiger partial charge in [-0.2, -0.15) is 15.5 Å². The van der Waals surface area contributed by atoms with E-state index in [4.69, 9.17) is 11.6 Å². The Balaban J connectivity index is 1.59. The minimum atomic E-state index is -1.09. The van der Waals surface area contributed by atoms with Crippen LogP contribution in [0.2, 0.25) is 5.02 Å². The summed E-state index contributed by atoms with van der Waals surface area (Å²) >= 11 is 6.25. The summed E-state index contributed by atoms with van der Waals surface area (Å²) in [6, 6.07) is 6.83. The van der Waals surface area contributed by atoms with Crippen LogP contribution < -0.4 is 5.32 Å². The number of anilines is 1. The molecule has 0 radical (unpaired) electrons. The van der Waals surface area contributed by atoms with Gasteiger partial charge in [-0.3, -0.25) is 9.89 Å². The number of carbonyl (C=O) groups is 1. The van der Waals surface area contributed by atoms with Crippen LogP contribution in [-0.4, -0.2) is 31.9 Å². The molecule has 1 aliphatic carbocycles. The standard InChI is InChI=1S/C19H11ClF2N6O/c20-16-15(12-7-24-26-18(12)11(6-23)17(16)22)8-1-2-28-9(3-8)4-14(27-28)25-19(29)10-5-13(10)21/h1-4,7,10,13H,5H2,(H,24,26)(H,25,27,29). The number of nitriles is 1. The Labute approximate surface area is 166 Å². The summed E-state index contributed by atoms with van der Waals surface area (Å²) in [5, 5.41) is 22.9. The minimum Gasteiger partial charge on any atom is -0.309 e. The normalized spacial score (nSPS) is 18.1. The van der Waals surface area contributed by atoms with Gasteiger partial charge in [0.1, 0.15) is 17.8 Å². The number of hydrogen-bond donors (Lipinski definition) is 2. The van der Waals surface area contributed by atoms with Crippen molar-refractivity contribution in [2.75, 3.05) is 5.32 Å². The maximum Gasteiger partial charge on any atom is 0.231 e. The number of rotatable bonds is 3. The summed E-state index contributed by atoms with van der Waals surface area (Å²) in [4.78, 5) is 11.9. The topological polar surface area (TPSA) is 98.9 Å². The molecule has 3 aromatic heterocycles. The Morgan fingerprint density at radius 3 is 2.97 bits per heavy atom.